The molecule has 31 heavy (non-hydrogen) atoms. The van der Waals surface area contributed by atoms with Gasteiger partial charge in [-0.2, -0.15) is 0 Å². The van der Waals surface area contributed by atoms with Crippen LogP contribution in [-0.2, 0) is 17.9 Å². The van der Waals surface area contributed by atoms with Crippen LogP contribution >= 0.6 is 0 Å². The van der Waals surface area contributed by atoms with Crippen LogP contribution in [0.5, 0.6) is 0 Å². The summed E-state index contributed by atoms with van der Waals surface area (Å²) in [5.41, 5.74) is 3.99. The Balaban J connectivity index is 1.39. The molecule has 4 rings (SSSR count). The fourth-order valence-corrected chi connectivity index (χ4v) is 4.14. The maximum atomic E-state index is 13.1. The first kappa shape index (κ1) is 21.1. The van der Waals surface area contributed by atoms with Crippen molar-refractivity contribution < 1.29 is 14.4 Å². The number of carbonyl (C=O) groups excluding carboxylic acids is 3. The number of nitrogens with one attached hydrogen (secondary N) is 1. The van der Waals surface area contributed by atoms with Gasteiger partial charge in [0, 0.05) is 38.3 Å². The number of amides is 4. The third-order valence-electron chi connectivity index (χ3n) is 5.98. The smallest absolute Gasteiger partial charge is 0.324 e. The minimum absolute atomic E-state index is 0.00297. The second-order valence-electron chi connectivity index (χ2n) is 8.19. The molecule has 2 fully saturated rings. The zero-order valence-electron chi connectivity index (χ0n) is 17.8. The van der Waals surface area contributed by atoms with Crippen molar-refractivity contribution in [1.82, 2.24) is 20.0 Å². The van der Waals surface area contributed by atoms with Crippen LogP contribution in [0, 0.1) is 6.92 Å². The van der Waals surface area contributed by atoms with E-state index in [9.17, 15) is 14.4 Å². The molecule has 2 aromatic carbocycles. The van der Waals surface area contributed by atoms with Crippen molar-refractivity contribution in [3.05, 3.63) is 70.8 Å². The Labute approximate surface area is 182 Å². The van der Waals surface area contributed by atoms with E-state index in [1.807, 2.05) is 17.0 Å². The van der Waals surface area contributed by atoms with Crippen molar-refractivity contribution in [1.29, 1.82) is 0 Å². The van der Waals surface area contributed by atoms with E-state index in [1.165, 1.54) is 16.0 Å². The van der Waals surface area contributed by atoms with Crippen LogP contribution in [0.2, 0.25) is 0 Å². The number of aryl methyl sites for hydroxylation is 1. The number of urea groups is 1. The molecule has 0 aliphatic carbocycles. The van der Waals surface area contributed by atoms with E-state index >= 15 is 0 Å². The highest BCUT2D eigenvalue weighted by molar-refractivity contribution is 6.02. The fraction of sp³-hybridized carbons (Fsp3) is 0.375. The minimum Gasteiger partial charge on any atom is -0.337 e. The molecule has 0 unspecified atom stereocenters. The third kappa shape index (κ3) is 4.94. The van der Waals surface area contributed by atoms with Gasteiger partial charge in [-0.1, -0.05) is 36.4 Å². The third-order valence-corrected chi connectivity index (χ3v) is 5.98. The molecular formula is C24H28N4O3. The summed E-state index contributed by atoms with van der Waals surface area (Å²) in [5, 5.41) is 2.52. The Bertz CT molecular complexity index is 974. The molecule has 0 saturated carbocycles. The summed E-state index contributed by atoms with van der Waals surface area (Å²) >= 11 is 0. The molecule has 0 aromatic heterocycles. The van der Waals surface area contributed by atoms with Gasteiger partial charge in [-0.3, -0.25) is 19.4 Å². The summed E-state index contributed by atoms with van der Waals surface area (Å²) in [6.07, 6.45) is 0.930. The van der Waals surface area contributed by atoms with Gasteiger partial charge >= 0.3 is 6.03 Å². The van der Waals surface area contributed by atoms with Crippen LogP contribution in [0.3, 0.4) is 0 Å². The first-order valence-corrected chi connectivity index (χ1v) is 10.7. The van der Waals surface area contributed by atoms with Crippen molar-refractivity contribution >= 4 is 17.8 Å². The summed E-state index contributed by atoms with van der Waals surface area (Å²) in [6, 6.07) is 15.3. The first-order valence-electron chi connectivity index (χ1n) is 10.7. The van der Waals surface area contributed by atoms with Gasteiger partial charge in [-0.15, -0.1) is 0 Å². The van der Waals surface area contributed by atoms with E-state index in [-0.39, 0.29) is 30.9 Å². The second-order valence-corrected chi connectivity index (χ2v) is 8.19. The van der Waals surface area contributed by atoms with E-state index < -0.39 is 0 Å². The highest BCUT2D eigenvalue weighted by atomic mass is 16.2. The lowest BCUT2D eigenvalue weighted by Crippen LogP contribution is -2.35. The Kier molecular flexibility index (Phi) is 6.32. The standard InChI is InChI=1S/C24H28N4O3/c1-18-6-2-3-8-21(18)17-26-10-5-11-27(13-12-26)23(30)20-9-4-7-19(14-20)16-28-22(29)15-25-24(28)31/h2-4,6-9,14H,5,10-13,15-17H2,1H3,(H,25,31). The Hall–Kier alpha value is -3.19. The van der Waals surface area contributed by atoms with Crippen molar-refractivity contribution in [3.63, 3.8) is 0 Å². The van der Waals surface area contributed by atoms with Crippen LogP contribution in [-0.4, -0.2) is 65.3 Å². The van der Waals surface area contributed by atoms with Gasteiger partial charge in [-0.25, -0.2) is 4.79 Å². The summed E-state index contributed by atoms with van der Waals surface area (Å²) in [7, 11) is 0. The zero-order valence-corrected chi connectivity index (χ0v) is 17.8. The molecule has 7 nitrogen and oxygen atoms in total. The molecule has 7 heteroatoms. The molecule has 162 valence electrons. The van der Waals surface area contributed by atoms with Crippen molar-refractivity contribution in [2.45, 2.75) is 26.4 Å². The van der Waals surface area contributed by atoms with Crippen molar-refractivity contribution in [3.8, 4) is 0 Å². The number of rotatable bonds is 5. The Morgan fingerprint density at radius 3 is 2.58 bits per heavy atom. The number of nitrogens with zero attached hydrogens (tertiary/aromatic N) is 3. The Morgan fingerprint density at radius 2 is 1.81 bits per heavy atom. The van der Waals surface area contributed by atoms with E-state index in [2.05, 4.69) is 41.4 Å². The van der Waals surface area contributed by atoms with Gasteiger partial charge in [0.1, 0.15) is 0 Å². The molecule has 0 radical (unpaired) electrons. The van der Waals surface area contributed by atoms with Crippen LogP contribution < -0.4 is 5.32 Å². The first-order chi connectivity index (χ1) is 15.0. The van der Waals surface area contributed by atoms with E-state index in [1.54, 1.807) is 12.1 Å². The number of imide groups is 1. The number of carbonyl (C=O) groups is 3. The largest absolute Gasteiger partial charge is 0.337 e. The van der Waals surface area contributed by atoms with Crippen molar-refractivity contribution in [2.24, 2.45) is 0 Å². The SMILES string of the molecule is Cc1ccccc1CN1CCCN(C(=O)c2cccc(CN3C(=O)CNC3=O)c2)CC1. The topological polar surface area (TPSA) is 73.0 Å². The highest BCUT2D eigenvalue weighted by Crippen LogP contribution is 2.16. The predicted octanol–water partition coefficient (Wildman–Crippen LogP) is 2.39. The van der Waals surface area contributed by atoms with Gasteiger partial charge in [0.05, 0.1) is 13.1 Å². The lowest BCUT2D eigenvalue weighted by Gasteiger charge is -2.23. The normalized spacial score (nSPS) is 17.6. The van der Waals surface area contributed by atoms with E-state index in [4.69, 9.17) is 0 Å². The molecule has 2 aliphatic heterocycles. The molecule has 2 saturated heterocycles. The quantitative estimate of drug-likeness (QED) is 0.754. The summed E-state index contributed by atoms with van der Waals surface area (Å²) < 4.78 is 0. The van der Waals surface area contributed by atoms with Gasteiger partial charge in [-0.05, 0) is 42.2 Å². The van der Waals surface area contributed by atoms with E-state index in [0.29, 0.717) is 12.1 Å². The van der Waals surface area contributed by atoms with Gasteiger partial charge in [0.15, 0.2) is 0 Å². The average molecular weight is 421 g/mol. The number of hydrogen-bond donors (Lipinski definition) is 1. The fourth-order valence-electron chi connectivity index (χ4n) is 4.14. The summed E-state index contributed by atoms with van der Waals surface area (Å²) in [6.45, 7) is 6.44. The lowest BCUT2D eigenvalue weighted by atomic mass is 10.1. The summed E-state index contributed by atoms with van der Waals surface area (Å²) in [4.78, 5) is 42.3. The molecule has 2 aliphatic rings. The maximum Gasteiger partial charge on any atom is 0.324 e. The van der Waals surface area contributed by atoms with E-state index in [0.717, 1.165) is 38.2 Å². The van der Waals surface area contributed by atoms with Crippen LogP contribution in [0.25, 0.3) is 0 Å². The number of hydrogen-bond acceptors (Lipinski definition) is 4. The zero-order chi connectivity index (χ0) is 21.8. The second kappa shape index (κ2) is 9.31. The minimum atomic E-state index is -0.386. The highest BCUT2D eigenvalue weighted by Gasteiger charge is 2.28. The average Bonchev–Trinajstić information content (AvgIpc) is 2.95. The summed E-state index contributed by atoms with van der Waals surface area (Å²) in [5.74, 6) is -0.250. The van der Waals surface area contributed by atoms with Crippen LogP contribution in [0.15, 0.2) is 48.5 Å². The van der Waals surface area contributed by atoms with Crippen molar-refractivity contribution in [2.75, 3.05) is 32.7 Å². The lowest BCUT2D eigenvalue weighted by molar-refractivity contribution is -0.125. The van der Waals surface area contributed by atoms with Gasteiger partial charge < -0.3 is 10.2 Å². The molecular weight excluding hydrogens is 392 g/mol. The molecule has 1 N–H and O–H groups in total. The molecule has 4 amide bonds. The predicted molar refractivity (Wildman–Crippen MR) is 117 cm³/mol. The monoisotopic (exact) mass is 420 g/mol. The molecule has 0 atom stereocenters. The Morgan fingerprint density at radius 1 is 0.968 bits per heavy atom. The van der Waals surface area contributed by atoms with Gasteiger partial charge in [0.2, 0.25) is 5.91 Å². The molecule has 0 spiro atoms. The molecule has 2 heterocycles. The molecule has 2 aromatic rings. The number of benzene rings is 2. The maximum absolute atomic E-state index is 13.1. The van der Waals surface area contributed by atoms with Crippen LogP contribution in [0.1, 0.15) is 33.5 Å². The van der Waals surface area contributed by atoms with Gasteiger partial charge in [0.25, 0.3) is 5.91 Å². The van der Waals surface area contributed by atoms with Crippen LogP contribution in [0.4, 0.5) is 4.79 Å². The molecule has 0 bridgehead atoms.